The fraction of sp³-hybridized carbons (Fsp3) is 1.00. The molecule has 1 aliphatic heterocycles. The maximum absolute atomic E-state index is 10.6. The molecule has 11 heteroatoms. The number of hydrogen-bond acceptors (Lipinski definition) is 8. The number of rotatable bonds is 5. The molecule has 6 N–H and O–H groups in total. The van der Waals surface area contributed by atoms with Gasteiger partial charge in [0.25, 0.3) is 0 Å². The zero-order valence-electron chi connectivity index (χ0n) is 10.4. The van der Waals surface area contributed by atoms with Crippen LogP contribution >= 0.6 is 7.82 Å². The van der Waals surface area contributed by atoms with Gasteiger partial charge in [0.05, 0.1) is 36.8 Å². The predicted molar refractivity (Wildman–Crippen MR) is 59.8 cm³/mol. The Morgan fingerprint density at radius 2 is 1.95 bits per heavy atom. The molecule has 1 heterocycles. The molecule has 0 aromatic carbocycles. The Kier molecular flexibility index (Phi) is 4.27. The maximum Gasteiger partial charge on any atom is 0.469 e. The lowest BCUT2D eigenvalue weighted by Gasteiger charge is -2.49. The van der Waals surface area contributed by atoms with Gasteiger partial charge in [-0.3, -0.25) is 4.52 Å². The van der Waals surface area contributed by atoms with Crippen LogP contribution in [0.1, 0.15) is 0 Å². The average molecular weight is 316 g/mol. The zero-order chi connectivity index (χ0) is 15.3. The average Bonchev–Trinajstić information content (AvgIpc) is 2.45. The van der Waals surface area contributed by atoms with Gasteiger partial charge in [-0.05, 0) is 0 Å². The van der Waals surface area contributed by atoms with E-state index >= 15 is 0 Å². The van der Waals surface area contributed by atoms with Crippen molar-refractivity contribution in [3.8, 4) is 0 Å². The van der Waals surface area contributed by atoms with Crippen molar-refractivity contribution in [2.24, 2.45) is 11.8 Å². The maximum atomic E-state index is 10.6. The molecule has 3 unspecified atom stereocenters. The van der Waals surface area contributed by atoms with Gasteiger partial charge in [-0.25, -0.2) is 4.57 Å². The Morgan fingerprint density at radius 1 is 1.35 bits per heavy atom. The fourth-order valence-electron chi connectivity index (χ4n) is 2.81. The van der Waals surface area contributed by atoms with Crippen LogP contribution in [0.25, 0.3) is 0 Å². The minimum Gasteiger partial charge on any atom is -0.390 e. The van der Waals surface area contributed by atoms with Crippen LogP contribution in [0.5, 0.6) is 0 Å². The van der Waals surface area contributed by atoms with E-state index in [1.165, 1.54) is 7.11 Å². The van der Waals surface area contributed by atoms with Gasteiger partial charge in [-0.1, -0.05) is 0 Å². The highest BCUT2D eigenvalue weighted by atomic mass is 31.2. The summed E-state index contributed by atoms with van der Waals surface area (Å²) in [6.45, 7) is -0.839. The number of fused-ring (bicyclic) bond motifs is 1. The Bertz CT molecular complexity index is 412. The van der Waals surface area contributed by atoms with E-state index in [2.05, 4.69) is 4.52 Å². The molecule has 2 aliphatic rings. The molecule has 7 atom stereocenters. The highest BCUT2D eigenvalue weighted by Gasteiger charge is 2.72. The van der Waals surface area contributed by atoms with Crippen LogP contribution < -0.4 is 0 Å². The van der Waals surface area contributed by atoms with Gasteiger partial charge in [0.2, 0.25) is 0 Å². The van der Waals surface area contributed by atoms with E-state index in [0.717, 1.165) is 0 Å². The Morgan fingerprint density at radius 3 is 2.45 bits per heavy atom. The minimum absolute atomic E-state index is 0.839. The standard InChI is InChI=1S/C9H17O10P/c1-17-8-5-7(12)6(11)4(9(5,13)19-8)3(10)2-18-20(14,15)16/h3-8,10-13H,2H2,1H3,(H2,14,15,16)/t3-,4?,5-,6-,7?,8+,9?/m1/s1. The summed E-state index contributed by atoms with van der Waals surface area (Å²) in [4.78, 5) is 17.1. The second kappa shape index (κ2) is 5.25. The third-order valence-corrected chi connectivity index (χ3v) is 4.18. The van der Waals surface area contributed by atoms with Crippen molar-refractivity contribution in [2.75, 3.05) is 13.7 Å². The van der Waals surface area contributed by atoms with Gasteiger partial charge < -0.3 is 39.7 Å². The van der Waals surface area contributed by atoms with Gasteiger partial charge in [-0.15, -0.1) is 0 Å². The van der Waals surface area contributed by atoms with Crippen molar-refractivity contribution in [3.05, 3.63) is 0 Å². The lowest BCUT2D eigenvalue weighted by atomic mass is 9.86. The van der Waals surface area contributed by atoms with Crippen molar-refractivity contribution in [1.82, 2.24) is 0 Å². The van der Waals surface area contributed by atoms with E-state index in [9.17, 15) is 25.0 Å². The molecule has 10 nitrogen and oxygen atoms in total. The first-order valence-electron chi connectivity index (χ1n) is 5.79. The van der Waals surface area contributed by atoms with E-state index in [0.29, 0.717) is 0 Å². The third kappa shape index (κ3) is 2.53. The molecule has 0 aromatic rings. The Balaban J connectivity index is 2.10. The molecule has 0 amide bonds. The molecular weight excluding hydrogens is 299 g/mol. The Hall–Kier alpha value is -0.130. The molecule has 0 aromatic heterocycles. The first-order valence-corrected chi connectivity index (χ1v) is 7.32. The second-order valence-corrected chi connectivity index (χ2v) is 6.10. The van der Waals surface area contributed by atoms with Crippen molar-refractivity contribution < 1.29 is 48.8 Å². The smallest absolute Gasteiger partial charge is 0.390 e. The molecule has 0 spiro atoms. The Labute approximate surface area is 113 Å². The van der Waals surface area contributed by atoms with Crippen molar-refractivity contribution in [1.29, 1.82) is 0 Å². The number of methoxy groups -OCH3 is 1. The number of ether oxygens (including phenoxy) is 2. The van der Waals surface area contributed by atoms with E-state index in [-0.39, 0.29) is 0 Å². The first-order chi connectivity index (χ1) is 9.12. The molecule has 118 valence electrons. The molecule has 0 radical (unpaired) electrons. The van der Waals surface area contributed by atoms with Gasteiger partial charge in [0.1, 0.15) is 0 Å². The highest BCUT2D eigenvalue weighted by molar-refractivity contribution is 7.46. The molecule has 0 bridgehead atoms. The van der Waals surface area contributed by atoms with E-state index in [1.54, 1.807) is 0 Å². The summed E-state index contributed by atoms with van der Waals surface area (Å²) in [7, 11) is -3.52. The van der Waals surface area contributed by atoms with Gasteiger partial charge in [-0.2, -0.15) is 0 Å². The van der Waals surface area contributed by atoms with E-state index in [4.69, 9.17) is 19.3 Å². The molecule has 2 fully saturated rings. The summed E-state index contributed by atoms with van der Waals surface area (Å²) in [6.07, 6.45) is -5.56. The number of aliphatic hydroxyl groups is 4. The summed E-state index contributed by atoms with van der Waals surface area (Å²) in [6, 6.07) is 0. The molecule has 20 heavy (non-hydrogen) atoms. The summed E-state index contributed by atoms with van der Waals surface area (Å²) in [5.74, 6) is -4.41. The molecule has 1 saturated heterocycles. The number of phosphoric ester groups is 1. The van der Waals surface area contributed by atoms with Crippen LogP contribution in [0, 0.1) is 11.8 Å². The van der Waals surface area contributed by atoms with Crippen molar-refractivity contribution in [2.45, 2.75) is 30.4 Å². The molecular formula is C9H17O10P. The fourth-order valence-corrected chi connectivity index (χ4v) is 3.16. The normalized spacial score (nSPS) is 45.9. The summed E-state index contributed by atoms with van der Waals surface area (Å²) >= 11 is 0. The van der Waals surface area contributed by atoms with Crippen LogP contribution in [0.4, 0.5) is 0 Å². The number of phosphoric acid groups is 1. The number of aliphatic hydroxyl groups excluding tert-OH is 3. The van der Waals surface area contributed by atoms with Crippen LogP contribution in [-0.2, 0) is 18.6 Å². The predicted octanol–water partition coefficient (Wildman–Crippen LogP) is -2.88. The van der Waals surface area contributed by atoms with Crippen LogP contribution in [0.2, 0.25) is 0 Å². The monoisotopic (exact) mass is 316 g/mol. The lowest BCUT2D eigenvalue weighted by molar-refractivity contribution is -0.438. The van der Waals surface area contributed by atoms with Crippen LogP contribution in [-0.4, -0.2) is 74.3 Å². The van der Waals surface area contributed by atoms with E-state index in [1.807, 2.05) is 0 Å². The largest absolute Gasteiger partial charge is 0.469 e. The highest BCUT2D eigenvalue weighted by Crippen LogP contribution is 2.54. The van der Waals surface area contributed by atoms with Crippen molar-refractivity contribution in [3.63, 3.8) is 0 Å². The van der Waals surface area contributed by atoms with Crippen LogP contribution in [0.15, 0.2) is 0 Å². The lowest BCUT2D eigenvalue weighted by Crippen LogP contribution is -2.64. The minimum atomic E-state index is -4.80. The second-order valence-electron chi connectivity index (χ2n) is 4.86. The van der Waals surface area contributed by atoms with Gasteiger partial charge >= 0.3 is 7.82 Å². The number of hydrogen-bond donors (Lipinski definition) is 6. The quantitative estimate of drug-likeness (QED) is 0.290. The molecule has 1 saturated carbocycles. The summed E-state index contributed by atoms with van der Waals surface area (Å²) < 4.78 is 24.5. The third-order valence-electron chi connectivity index (χ3n) is 3.70. The SMILES string of the molecule is CO[C@H]1OC2(O)C([C@H](O)COP(=O)(O)O)[C@@H](O)C(O)[C@H]12. The van der Waals surface area contributed by atoms with Crippen molar-refractivity contribution >= 4 is 7.82 Å². The van der Waals surface area contributed by atoms with Crippen LogP contribution in [0.3, 0.4) is 0 Å². The first kappa shape index (κ1) is 16.2. The van der Waals surface area contributed by atoms with E-state index < -0.39 is 56.7 Å². The molecule has 2 rings (SSSR count). The van der Waals surface area contributed by atoms with Gasteiger partial charge in [0, 0.05) is 7.11 Å². The zero-order valence-corrected chi connectivity index (χ0v) is 11.3. The summed E-state index contributed by atoms with van der Waals surface area (Å²) in [5, 5.41) is 39.7. The molecule has 1 aliphatic carbocycles. The van der Waals surface area contributed by atoms with Gasteiger partial charge in [0.15, 0.2) is 12.1 Å². The topological polar surface area (TPSA) is 166 Å². The summed E-state index contributed by atoms with van der Waals surface area (Å²) in [5.41, 5.74) is 0.